The van der Waals surface area contributed by atoms with Gasteiger partial charge in [0.1, 0.15) is 6.67 Å². The average Bonchev–Trinajstić information content (AvgIpc) is 3.23. The number of hydrogen-bond donors (Lipinski definition) is 1. The van der Waals surface area contributed by atoms with Gasteiger partial charge >= 0.3 is 11.1 Å². The lowest BCUT2D eigenvalue weighted by atomic mass is 10.3. The smallest absolute Gasteiger partial charge is 0.303 e. The van der Waals surface area contributed by atoms with Crippen LogP contribution in [-0.2, 0) is 12.1 Å². The van der Waals surface area contributed by atoms with Crippen LogP contribution in [-0.4, -0.2) is 27.3 Å². The molecule has 0 atom stereocenters. The highest BCUT2D eigenvalue weighted by atomic mass is 19.1. The second-order valence-corrected chi connectivity index (χ2v) is 6.39. The molecule has 1 fully saturated rings. The van der Waals surface area contributed by atoms with Gasteiger partial charge in [0, 0.05) is 25.1 Å². The molecule has 4 rings (SSSR count). The Bertz CT molecular complexity index is 927. The maximum Gasteiger partial charge on any atom is 0.317 e. The van der Waals surface area contributed by atoms with Crippen molar-refractivity contribution in [3.8, 4) is 0 Å². The lowest BCUT2D eigenvalue weighted by Crippen LogP contribution is -2.45. The predicted octanol–water partition coefficient (Wildman–Crippen LogP) is 0.750. The van der Waals surface area contributed by atoms with E-state index in [0.29, 0.717) is 18.5 Å². The highest BCUT2D eigenvalue weighted by Gasteiger charge is 2.45. The van der Waals surface area contributed by atoms with Crippen molar-refractivity contribution in [2.75, 3.05) is 18.2 Å². The molecule has 1 saturated carbocycles. The Morgan fingerprint density at radius 1 is 1.20 bits per heavy atom. The Hall–Kier alpha value is -2.74. The van der Waals surface area contributed by atoms with Crippen molar-refractivity contribution in [2.45, 2.75) is 24.9 Å². The van der Waals surface area contributed by atoms with E-state index in [1.54, 1.807) is 6.20 Å². The Kier molecular flexibility index (Phi) is 3.76. The van der Waals surface area contributed by atoms with Crippen LogP contribution in [0.3, 0.4) is 0 Å². The minimum atomic E-state index is -0.800. The van der Waals surface area contributed by atoms with Gasteiger partial charge in [0.05, 0.1) is 29.7 Å². The van der Waals surface area contributed by atoms with E-state index in [1.807, 2.05) is 29.4 Å². The van der Waals surface area contributed by atoms with Crippen molar-refractivity contribution in [3.63, 3.8) is 0 Å². The van der Waals surface area contributed by atoms with Gasteiger partial charge in [0.2, 0.25) is 0 Å². The fourth-order valence-electron chi connectivity index (χ4n) is 2.96. The van der Waals surface area contributed by atoms with E-state index in [1.165, 1.54) is 21.5 Å². The maximum absolute atomic E-state index is 13.2. The lowest BCUT2D eigenvalue weighted by molar-refractivity contribution is 0.326. The zero-order valence-corrected chi connectivity index (χ0v) is 13.6. The van der Waals surface area contributed by atoms with E-state index in [-0.39, 0.29) is 6.54 Å². The van der Waals surface area contributed by atoms with Gasteiger partial charge in [-0.3, -0.25) is 19.6 Å². The molecule has 0 aromatic carbocycles. The predicted molar refractivity (Wildman–Crippen MR) is 91.1 cm³/mol. The molecule has 1 aliphatic heterocycles. The van der Waals surface area contributed by atoms with Crippen LogP contribution in [0.1, 0.15) is 18.5 Å². The lowest BCUT2D eigenvalue weighted by Gasteiger charge is -2.16. The van der Waals surface area contributed by atoms with Crippen molar-refractivity contribution in [3.05, 3.63) is 69.4 Å². The summed E-state index contributed by atoms with van der Waals surface area (Å²) >= 11 is 0. The van der Waals surface area contributed by atoms with Crippen molar-refractivity contribution < 1.29 is 4.39 Å². The molecule has 0 bridgehead atoms. The molecular formula is C17H18FN5O2. The van der Waals surface area contributed by atoms with Gasteiger partial charge in [0.15, 0.2) is 0 Å². The van der Waals surface area contributed by atoms with Crippen LogP contribution in [0, 0.1) is 0 Å². The Labute approximate surface area is 143 Å². The number of aromatic nitrogens is 3. The van der Waals surface area contributed by atoms with Crippen molar-refractivity contribution in [1.29, 1.82) is 0 Å². The molecule has 130 valence electrons. The van der Waals surface area contributed by atoms with E-state index in [0.717, 1.165) is 12.2 Å². The van der Waals surface area contributed by atoms with Gasteiger partial charge in [-0.15, -0.1) is 0 Å². The highest BCUT2D eigenvalue weighted by molar-refractivity contribution is 5.47. The van der Waals surface area contributed by atoms with Gasteiger partial charge in [-0.2, -0.15) is 0 Å². The molecule has 1 N–H and O–H groups in total. The van der Waals surface area contributed by atoms with E-state index < -0.39 is 23.3 Å². The van der Waals surface area contributed by atoms with Crippen LogP contribution < -0.4 is 21.6 Å². The Morgan fingerprint density at radius 2 is 2.04 bits per heavy atom. The van der Waals surface area contributed by atoms with Gasteiger partial charge in [-0.25, -0.2) is 9.82 Å². The normalized spacial score (nSPS) is 17.9. The van der Waals surface area contributed by atoms with E-state index in [9.17, 15) is 14.0 Å². The first-order valence-electron chi connectivity index (χ1n) is 8.16. The first kappa shape index (κ1) is 15.8. The number of hydrogen-bond acceptors (Lipinski definition) is 5. The summed E-state index contributed by atoms with van der Waals surface area (Å²) in [7, 11) is 0. The third-order valence-corrected chi connectivity index (χ3v) is 4.70. The first-order chi connectivity index (χ1) is 12.1. The van der Waals surface area contributed by atoms with Gasteiger partial charge in [-0.1, -0.05) is 6.08 Å². The summed E-state index contributed by atoms with van der Waals surface area (Å²) in [6.45, 7) is 0.341. The molecule has 0 spiro atoms. The fraction of sp³-hybridized carbons (Fsp3) is 0.353. The second-order valence-electron chi connectivity index (χ2n) is 6.39. The zero-order chi connectivity index (χ0) is 17.4. The molecular weight excluding hydrogens is 325 g/mol. The Morgan fingerprint density at radius 3 is 2.64 bits per heavy atom. The molecule has 0 amide bonds. The molecule has 1 aliphatic carbocycles. The van der Waals surface area contributed by atoms with Crippen LogP contribution >= 0.6 is 0 Å². The average molecular weight is 343 g/mol. The largest absolute Gasteiger partial charge is 0.317 e. The highest BCUT2D eigenvalue weighted by Crippen LogP contribution is 2.42. The van der Waals surface area contributed by atoms with Crippen molar-refractivity contribution >= 4 is 5.69 Å². The van der Waals surface area contributed by atoms with E-state index in [2.05, 4.69) is 10.4 Å². The molecule has 0 unspecified atom stereocenters. The topological polar surface area (TPSA) is 72.2 Å². The van der Waals surface area contributed by atoms with Crippen LogP contribution in [0.15, 0.2) is 52.6 Å². The number of nitrogens with zero attached hydrogens (tertiary/aromatic N) is 4. The number of anilines is 1. The van der Waals surface area contributed by atoms with E-state index in [4.69, 9.17) is 0 Å². The molecule has 0 radical (unpaired) electrons. The third kappa shape index (κ3) is 2.78. The standard InChI is InChI=1S/C17H18FN5O2/c18-12-17(4-5-17)22-9-8-21(15(24)16(22)25)11-13-2-3-14(10-19-13)23-7-1-6-20-23/h1-3,7-10,20H,4-6,11-12H2. The molecule has 2 aromatic heterocycles. The number of alkyl halides is 1. The molecule has 2 aromatic rings. The molecule has 2 aliphatic rings. The summed E-state index contributed by atoms with van der Waals surface area (Å²) < 4.78 is 15.7. The summed E-state index contributed by atoms with van der Waals surface area (Å²) in [5.74, 6) is 0. The summed E-state index contributed by atoms with van der Waals surface area (Å²) in [6.07, 6.45) is 9.83. The van der Waals surface area contributed by atoms with Gasteiger partial charge in [0.25, 0.3) is 0 Å². The quantitative estimate of drug-likeness (QED) is 0.811. The van der Waals surface area contributed by atoms with Crippen LogP contribution in [0.4, 0.5) is 10.1 Å². The molecule has 8 heteroatoms. The maximum atomic E-state index is 13.2. The van der Waals surface area contributed by atoms with Gasteiger partial charge < -0.3 is 9.13 Å². The number of pyridine rings is 1. The minimum Gasteiger partial charge on any atom is -0.303 e. The van der Waals surface area contributed by atoms with E-state index >= 15 is 0 Å². The number of rotatable bonds is 5. The summed E-state index contributed by atoms with van der Waals surface area (Å²) in [5.41, 5.74) is 2.56. The van der Waals surface area contributed by atoms with Crippen LogP contribution in [0.2, 0.25) is 0 Å². The van der Waals surface area contributed by atoms with Crippen molar-refractivity contribution in [1.82, 2.24) is 19.5 Å². The first-order valence-corrected chi connectivity index (χ1v) is 8.16. The van der Waals surface area contributed by atoms with Crippen molar-refractivity contribution in [2.24, 2.45) is 0 Å². The Balaban J connectivity index is 1.57. The zero-order valence-electron chi connectivity index (χ0n) is 13.6. The second kappa shape index (κ2) is 5.96. The monoisotopic (exact) mass is 343 g/mol. The molecule has 3 heterocycles. The minimum absolute atomic E-state index is 0.196. The summed E-state index contributed by atoms with van der Waals surface area (Å²) in [4.78, 5) is 28.9. The number of hydrazine groups is 1. The van der Waals surface area contributed by atoms with Crippen LogP contribution in [0.5, 0.6) is 0 Å². The fourth-order valence-corrected chi connectivity index (χ4v) is 2.96. The molecule has 25 heavy (non-hydrogen) atoms. The molecule has 7 nitrogen and oxygen atoms in total. The molecule has 0 saturated heterocycles. The van der Waals surface area contributed by atoms with Crippen LogP contribution in [0.25, 0.3) is 0 Å². The summed E-state index contributed by atoms with van der Waals surface area (Å²) in [5, 5.41) is 1.86. The number of halogens is 1. The third-order valence-electron chi connectivity index (χ3n) is 4.70. The SMILES string of the molecule is O=c1c(=O)n(C2(CF)CC2)ccn1Cc1ccc(N2C=CCN2)cn1. The number of nitrogens with one attached hydrogen (secondary N) is 1. The van der Waals surface area contributed by atoms with Gasteiger partial charge in [-0.05, 0) is 25.0 Å². The summed E-state index contributed by atoms with van der Waals surface area (Å²) in [6, 6.07) is 3.70.